The number of phenolic OH excluding ortho intramolecular Hbond substituents is 3. The summed E-state index contributed by atoms with van der Waals surface area (Å²) in [5, 5.41) is 27.6. The minimum absolute atomic E-state index is 0.163. The van der Waals surface area contributed by atoms with Gasteiger partial charge < -0.3 is 26.8 Å². The van der Waals surface area contributed by atoms with Crippen LogP contribution in [0.2, 0.25) is 0 Å². The molecule has 1 rings (SSSR count). The van der Waals surface area contributed by atoms with E-state index in [9.17, 15) is 10.2 Å². The molecule has 1 aromatic carbocycles. The first kappa shape index (κ1) is 10.6. The van der Waals surface area contributed by atoms with E-state index in [1.807, 2.05) is 0 Å². The topological polar surface area (TPSA) is 113 Å². The highest BCUT2D eigenvalue weighted by Crippen LogP contribution is 2.37. The molecule has 0 spiro atoms. The molecule has 14 heavy (non-hydrogen) atoms. The number of hydrogen-bond acceptors (Lipinski definition) is 5. The molecule has 0 bridgehead atoms. The molecule has 7 N–H and O–H groups in total. The van der Waals surface area contributed by atoms with Crippen molar-refractivity contribution in [3.63, 3.8) is 0 Å². The number of phenols is 3. The van der Waals surface area contributed by atoms with Crippen LogP contribution in [0.15, 0.2) is 12.1 Å². The monoisotopic (exact) mass is 198 g/mol. The lowest BCUT2D eigenvalue weighted by Gasteiger charge is -2.23. The van der Waals surface area contributed by atoms with Gasteiger partial charge in [-0.25, -0.2) is 0 Å². The number of benzene rings is 1. The van der Waals surface area contributed by atoms with Gasteiger partial charge in [0.1, 0.15) is 0 Å². The molecule has 0 amide bonds. The minimum atomic E-state index is -0.845. The van der Waals surface area contributed by atoms with Gasteiger partial charge >= 0.3 is 0 Å². The van der Waals surface area contributed by atoms with Gasteiger partial charge in [0.05, 0.1) is 5.54 Å². The second-order valence-electron chi connectivity index (χ2n) is 3.48. The predicted octanol–water partition coefficient (Wildman–Crippen LogP) is -0.0640. The van der Waals surface area contributed by atoms with Gasteiger partial charge in [-0.3, -0.25) is 0 Å². The number of aromatic hydroxyl groups is 3. The van der Waals surface area contributed by atoms with Gasteiger partial charge in [-0.15, -0.1) is 0 Å². The van der Waals surface area contributed by atoms with Crippen molar-refractivity contribution in [3.05, 3.63) is 17.7 Å². The predicted molar refractivity (Wildman–Crippen MR) is 52.0 cm³/mol. The molecule has 1 aromatic rings. The summed E-state index contributed by atoms with van der Waals surface area (Å²) in [6.07, 6.45) is 0. The maximum atomic E-state index is 9.23. The van der Waals surface area contributed by atoms with Crippen molar-refractivity contribution in [3.8, 4) is 17.2 Å². The fourth-order valence-electron chi connectivity index (χ4n) is 1.05. The van der Waals surface area contributed by atoms with Gasteiger partial charge in [0, 0.05) is 6.54 Å². The van der Waals surface area contributed by atoms with E-state index in [2.05, 4.69) is 0 Å². The van der Waals surface area contributed by atoms with Crippen LogP contribution in [0.3, 0.4) is 0 Å². The van der Waals surface area contributed by atoms with E-state index in [1.54, 1.807) is 6.92 Å². The maximum Gasteiger partial charge on any atom is 0.200 e. The Kier molecular flexibility index (Phi) is 2.55. The Balaban J connectivity index is 3.26. The molecule has 1 unspecified atom stereocenters. The summed E-state index contributed by atoms with van der Waals surface area (Å²) < 4.78 is 0. The molecule has 0 aliphatic heterocycles. The third kappa shape index (κ3) is 1.73. The molecule has 1 atom stereocenters. The second-order valence-corrected chi connectivity index (χ2v) is 3.48. The molecular formula is C9H14N2O3. The van der Waals surface area contributed by atoms with Crippen LogP contribution in [0.4, 0.5) is 0 Å². The zero-order valence-corrected chi connectivity index (χ0v) is 7.86. The fourth-order valence-corrected chi connectivity index (χ4v) is 1.05. The van der Waals surface area contributed by atoms with Crippen LogP contribution < -0.4 is 11.5 Å². The molecule has 78 valence electrons. The van der Waals surface area contributed by atoms with E-state index in [1.165, 1.54) is 12.1 Å². The van der Waals surface area contributed by atoms with Crippen LogP contribution >= 0.6 is 0 Å². The molecule has 0 saturated heterocycles. The van der Waals surface area contributed by atoms with E-state index in [0.29, 0.717) is 5.56 Å². The normalized spacial score (nSPS) is 15.1. The van der Waals surface area contributed by atoms with Crippen molar-refractivity contribution in [2.45, 2.75) is 12.5 Å². The molecule has 0 heterocycles. The molecule has 0 aliphatic rings. The first-order valence-electron chi connectivity index (χ1n) is 4.13. The number of nitrogens with two attached hydrogens (primary N) is 2. The lowest BCUT2D eigenvalue weighted by molar-refractivity contribution is 0.364. The maximum absolute atomic E-state index is 9.23. The Labute approximate surface area is 81.6 Å². The first-order chi connectivity index (χ1) is 6.38. The van der Waals surface area contributed by atoms with Crippen molar-refractivity contribution in [2.24, 2.45) is 11.5 Å². The minimum Gasteiger partial charge on any atom is -0.504 e. The van der Waals surface area contributed by atoms with Crippen LogP contribution in [0.5, 0.6) is 17.2 Å². The lowest BCUT2D eigenvalue weighted by Crippen LogP contribution is -2.40. The third-order valence-electron chi connectivity index (χ3n) is 2.15. The van der Waals surface area contributed by atoms with Gasteiger partial charge in [-0.05, 0) is 24.6 Å². The quantitative estimate of drug-likeness (QED) is 0.427. The van der Waals surface area contributed by atoms with Crippen LogP contribution in [0, 0.1) is 0 Å². The highest BCUT2D eigenvalue weighted by atomic mass is 16.3. The summed E-state index contributed by atoms with van der Waals surface area (Å²) in [6, 6.07) is 2.56. The number of rotatable bonds is 2. The largest absolute Gasteiger partial charge is 0.504 e. The molecule has 5 nitrogen and oxygen atoms in total. The highest BCUT2D eigenvalue weighted by Gasteiger charge is 2.22. The lowest BCUT2D eigenvalue weighted by atomic mass is 9.93. The molecule has 0 fully saturated rings. The number of hydrogen-bond donors (Lipinski definition) is 5. The van der Waals surface area contributed by atoms with E-state index in [-0.39, 0.29) is 6.54 Å². The Hall–Kier alpha value is -1.46. The standard InChI is InChI=1S/C9H14N2O3/c1-9(11,4-10)5-2-6(12)8(14)7(13)3-5/h2-3,12-14H,4,10-11H2,1H3. The van der Waals surface area contributed by atoms with Crippen LogP contribution in [-0.4, -0.2) is 21.9 Å². The van der Waals surface area contributed by atoms with Crippen molar-refractivity contribution < 1.29 is 15.3 Å². The Bertz CT molecular complexity index is 327. The Morgan fingerprint density at radius 1 is 1.21 bits per heavy atom. The molecule has 5 heteroatoms. The van der Waals surface area contributed by atoms with E-state index in [0.717, 1.165) is 0 Å². The summed E-state index contributed by atoms with van der Waals surface area (Å²) in [5.74, 6) is -1.38. The smallest absolute Gasteiger partial charge is 0.200 e. The molecule has 0 aliphatic carbocycles. The van der Waals surface area contributed by atoms with E-state index >= 15 is 0 Å². The zero-order chi connectivity index (χ0) is 10.9. The van der Waals surface area contributed by atoms with Crippen LogP contribution in [0.25, 0.3) is 0 Å². The highest BCUT2D eigenvalue weighted by molar-refractivity contribution is 5.52. The summed E-state index contributed by atoms with van der Waals surface area (Å²) in [4.78, 5) is 0. The summed E-state index contributed by atoms with van der Waals surface area (Å²) in [7, 11) is 0. The van der Waals surface area contributed by atoms with Crippen LogP contribution in [-0.2, 0) is 5.54 Å². The van der Waals surface area contributed by atoms with Crippen molar-refractivity contribution >= 4 is 0 Å². The van der Waals surface area contributed by atoms with E-state index in [4.69, 9.17) is 16.6 Å². The fraction of sp³-hybridized carbons (Fsp3) is 0.333. The van der Waals surface area contributed by atoms with Crippen molar-refractivity contribution in [1.82, 2.24) is 0 Å². The van der Waals surface area contributed by atoms with E-state index < -0.39 is 22.8 Å². The molecular weight excluding hydrogens is 184 g/mol. The summed E-state index contributed by atoms with van der Waals surface area (Å²) >= 11 is 0. The third-order valence-corrected chi connectivity index (χ3v) is 2.15. The van der Waals surface area contributed by atoms with Gasteiger partial charge in [-0.2, -0.15) is 0 Å². The molecule has 0 aromatic heterocycles. The van der Waals surface area contributed by atoms with Gasteiger partial charge in [0.15, 0.2) is 17.2 Å². The molecule has 0 radical (unpaired) electrons. The zero-order valence-electron chi connectivity index (χ0n) is 7.86. The van der Waals surface area contributed by atoms with Crippen molar-refractivity contribution in [2.75, 3.05) is 6.54 Å². The average Bonchev–Trinajstić information content (AvgIpc) is 2.13. The Morgan fingerprint density at radius 3 is 2.00 bits per heavy atom. The average molecular weight is 198 g/mol. The first-order valence-corrected chi connectivity index (χ1v) is 4.13. The van der Waals surface area contributed by atoms with Gasteiger partial charge in [-0.1, -0.05) is 0 Å². The SMILES string of the molecule is CC(N)(CN)c1cc(O)c(O)c(O)c1. The van der Waals surface area contributed by atoms with Crippen molar-refractivity contribution in [1.29, 1.82) is 0 Å². The second kappa shape index (κ2) is 3.36. The van der Waals surface area contributed by atoms with Gasteiger partial charge in [0.25, 0.3) is 0 Å². The Morgan fingerprint density at radius 2 is 1.64 bits per heavy atom. The van der Waals surface area contributed by atoms with Gasteiger partial charge in [0.2, 0.25) is 0 Å². The van der Waals surface area contributed by atoms with Crippen LogP contribution in [0.1, 0.15) is 12.5 Å². The summed E-state index contributed by atoms with van der Waals surface area (Å²) in [5.41, 5.74) is 10.8. The molecule has 0 saturated carbocycles. The summed E-state index contributed by atoms with van der Waals surface area (Å²) in [6.45, 7) is 1.83.